The van der Waals surface area contributed by atoms with E-state index in [0.717, 1.165) is 25.7 Å². The Morgan fingerprint density at radius 2 is 1.81 bits per heavy atom. The molecule has 8 nitrogen and oxygen atoms in total. The van der Waals surface area contributed by atoms with Crippen molar-refractivity contribution in [2.24, 2.45) is 0 Å². The molecule has 0 radical (unpaired) electrons. The van der Waals surface area contributed by atoms with Crippen molar-refractivity contribution in [3.8, 4) is 5.75 Å². The van der Waals surface area contributed by atoms with Crippen LogP contribution in [0.15, 0.2) is 71.3 Å². The highest BCUT2D eigenvalue weighted by Gasteiger charge is 2.36. The minimum absolute atomic E-state index is 0.0460. The second-order valence-electron chi connectivity index (χ2n) is 8.59. The van der Waals surface area contributed by atoms with E-state index >= 15 is 0 Å². The van der Waals surface area contributed by atoms with Gasteiger partial charge < -0.3 is 19.2 Å². The molecule has 1 N–H and O–H groups in total. The van der Waals surface area contributed by atoms with Crippen molar-refractivity contribution in [3.63, 3.8) is 0 Å². The van der Waals surface area contributed by atoms with E-state index in [2.05, 4.69) is 5.32 Å². The number of hydrogen-bond donors (Lipinski definition) is 1. The molecule has 0 bridgehead atoms. The fraction of sp³-hybridized carbons (Fsp3) is 0.321. The molecule has 2 aromatic carbocycles. The zero-order chi connectivity index (χ0) is 25.5. The zero-order valence-corrected chi connectivity index (χ0v) is 20.4. The summed E-state index contributed by atoms with van der Waals surface area (Å²) in [7, 11) is 1.29. The van der Waals surface area contributed by atoms with Gasteiger partial charge in [-0.1, -0.05) is 31.0 Å². The predicted molar refractivity (Wildman–Crippen MR) is 134 cm³/mol. The normalized spacial score (nSPS) is 14.2. The first-order chi connectivity index (χ1) is 17.5. The number of esters is 1. The van der Waals surface area contributed by atoms with Crippen molar-refractivity contribution in [1.29, 1.82) is 0 Å². The van der Waals surface area contributed by atoms with E-state index in [4.69, 9.17) is 13.9 Å². The molecule has 0 spiro atoms. The summed E-state index contributed by atoms with van der Waals surface area (Å²) < 4.78 is 15.8. The van der Waals surface area contributed by atoms with Crippen LogP contribution in [0.2, 0.25) is 0 Å². The zero-order valence-electron chi connectivity index (χ0n) is 20.4. The van der Waals surface area contributed by atoms with Crippen LogP contribution in [-0.4, -0.2) is 37.5 Å². The molecule has 1 aliphatic carbocycles. The SMILES string of the molecule is CCOc1ccc([C@@H](C(=O)NC2CCCC2)N(C(=O)c2ccco2)c2cccc(C(=O)OC)c2)cc1. The minimum Gasteiger partial charge on any atom is -0.494 e. The molecule has 1 aliphatic rings. The van der Waals surface area contributed by atoms with Gasteiger partial charge in [0.05, 0.1) is 25.5 Å². The van der Waals surface area contributed by atoms with Crippen molar-refractivity contribution < 1.29 is 28.3 Å². The van der Waals surface area contributed by atoms with Crippen molar-refractivity contribution in [2.75, 3.05) is 18.6 Å². The molecule has 1 heterocycles. The quantitative estimate of drug-likeness (QED) is 0.428. The van der Waals surface area contributed by atoms with Crippen LogP contribution in [0.5, 0.6) is 5.75 Å². The van der Waals surface area contributed by atoms with Gasteiger partial charge in [-0.25, -0.2) is 4.79 Å². The lowest BCUT2D eigenvalue weighted by Gasteiger charge is -2.32. The highest BCUT2D eigenvalue weighted by Crippen LogP contribution is 2.32. The standard InChI is InChI=1S/C28H30N2O6/c1-3-35-23-15-13-19(14-16-23)25(26(31)29-21-9-4-5-10-21)30(27(32)24-12-7-17-36-24)22-11-6-8-20(18-22)28(33)34-2/h6-8,11-18,21,25H,3-5,9-10H2,1-2H3,(H,29,31)/t25-/m0/s1. The largest absolute Gasteiger partial charge is 0.494 e. The summed E-state index contributed by atoms with van der Waals surface area (Å²) in [6.07, 6.45) is 5.29. The number of anilines is 1. The van der Waals surface area contributed by atoms with E-state index in [-0.39, 0.29) is 23.3 Å². The monoisotopic (exact) mass is 490 g/mol. The third kappa shape index (κ3) is 5.59. The summed E-state index contributed by atoms with van der Waals surface area (Å²) in [4.78, 5) is 41.2. The Bertz CT molecular complexity index is 1180. The predicted octanol–water partition coefficient (Wildman–Crippen LogP) is 4.91. The third-order valence-corrected chi connectivity index (χ3v) is 6.21. The van der Waals surface area contributed by atoms with Gasteiger partial charge in [-0.2, -0.15) is 0 Å². The van der Waals surface area contributed by atoms with Crippen LogP contribution in [0.1, 0.15) is 65.1 Å². The van der Waals surface area contributed by atoms with Crippen LogP contribution in [-0.2, 0) is 9.53 Å². The topological polar surface area (TPSA) is 98.1 Å². The Morgan fingerprint density at radius 3 is 2.44 bits per heavy atom. The molecule has 1 saturated carbocycles. The maximum absolute atomic E-state index is 13.8. The van der Waals surface area contributed by atoms with Gasteiger partial charge >= 0.3 is 5.97 Å². The number of carbonyl (C=O) groups is 3. The Kier molecular flexibility index (Phi) is 8.05. The number of methoxy groups -OCH3 is 1. The number of nitrogens with zero attached hydrogens (tertiary/aromatic N) is 1. The third-order valence-electron chi connectivity index (χ3n) is 6.21. The molecular weight excluding hydrogens is 460 g/mol. The fourth-order valence-corrected chi connectivity index (χ4v) is 4.48. The number of rotatable bonds is 9. The van der Waals surface area contributed by atoms with Gasteiger partial charge in [0.2, 0.25) is 5.91 Å². The second-order valence-corrected chi connectivity index (χ2v) is 8.59. The van der Waals surface area contributed by atoms with Gasteiger partial charge in [-0.3, -0.25) is 14.5 Å². The Balaban J connectivity index is 1.82. The number of furan rings is 1. The smallest absolute Gasteiger partial charge is 0.337 e. The van der Waals surface area contributed by atoms with Crippen molar-refractivity contribution in [2.45, 2.75) is 44.7 Å². The van der Waals surface area contributed by atoms with Crippen molar-refractivity contribution in [1.82, 2.24) is 5.32 Å². The second kappa shape index (κ2) is 11.6. The van der Waals surface area contributed by atoms with Crippen LogP contribution in [0.4, 0.5) is 5.69 Å². The summed E-state index contributed by atoms with van der Waals surface area (Å²) in [6, 6.07) is 15.7. The van der Waals surface area contributed by atoms with Gasteiger partial charge in [0.15, 0.2) is 5.76 Å². The van der Waals surface area contributed by atoms with E-state index in [0.29, 0.717) is 23.6 Å². The highest BCUT2D eigenvalue weighted by molar-refractivity contribution is 6.09. The molecule has 1 aromatic heterocycles. The first-order valence-electron chi connectivity index (χ1n) is 12.1. The molecule has 4 rings (SSSR count). The average Bonchev–Trinajstić information content (AvgIpc) is 3.62. The summed E-state index contributed by atoms with van der Waals surface area (Å²) in [5.41, 5.74) is 1.21. The lowest BCUT2D eigenvalue weighted by atomic mass is 10.0. The molecule has 36 heavy (non-hydrogen) atoms. The number of hydrogen-bond acceptors (Lipinski definition) is 6. The first kappa shape index (κ1) is 25.0. The van der Waals surface area contributed by atoms with E-state index in [1.165, 1.54) is 24.3 Å². The van der Waals surface area contributed by atoms with E-state index < -0.39 is 17.9 Å². The molecule has 8 heteroatoms. The number of nitrogens with one attached hydrogen (secondary N) is 1. The summed E-state index contributed by atoms with van der Waals surface area (Å²) in [6.45, 7) is 2.40. The maximum atomic E-state index is 13.8. The molecule has 0 unspecified atom stereocenters. The average molecular weight is 491 g/mol. The number of ether oxygens (including phenoxy) is 2. The van der Waals surface area contributed by atoms with Gasteiger partial charge in [0.25, 0.3) is 5.91 Å². The molecule has 1 atom stereocenters. The van der Waals surface area contributed by atoms with Gasteiger partial charge in [-0.05, 0) is 67.8 Å². The van der Waals surface area contributed by atoms with Crippen molar-refractivity contribution >= 4 is 23.5 Å². The summed E-state index contributed by atoms with van der Waals surface area (Å²) in [5.74, 6) is -0.636. The van der Waals surface area contributed by atoms with Crippen LogP contribution in [0, 0.1) is 0 Å². The van der Waals surface area contributed by atoms with Gasteiger partial charge in [-0.15, -0.1) is 0 Å². The van der Waals surface area contributed by atoms with Gasteiger partial charge in [0.1, 0.15) is 11.8 Å². The maximum Gasteiger partial charge on any atom is 0.337 e. The van der Waals surface area contributed by atoms with E-state index in [9.17, 15) is 14.4 Å². The van der Waals surface area contributed by atoms with Crippen LogP contribution >= 0.6 is 0 Å². The molecule has 3 aromatic rings. The molecular formula is C28H30N2O6. The highest BCUT2D eigenvalue weighted by atomic mass is 16.5. The molecule has 0 aliphatic heterocycles. The lowest BCUT2D eigenvalue weighted by Crippen LogP contribution is -2.46. The molecule has 2 amide bonds. The fourth-order valence-electron chi connectivity index (χ4n) is 4.48. The van der Waals surface area contributed by atoms with Crippen LogP contribution in [0.3, 0.4) is 0 Å². The number of carbonyl (C=O) groups excluding carboxylic acids is 3. The molecule has 0 saturated heterocycles. The Labute approximate surface area is 210 Å². The van der Waals surface area contributed by atoms with Gasteiger partial charge in [0, 0.05) is 11.7 Å². The molecule has 188 valence electrons. The summed E-state index contributed by atoms with van der Waals surface area (Å²) in [5, 5.41) is 3.13. The Morgan fingerprint density at radius 1 is 1.06 bits per heavy atom. The Hall–Kier alpha value is -4.07. The summed E-state index contributed by atoms with van der Waals surface area (Å²) >= 11 is 0. The van der Waals surface area contributed by atoms with E-state index in [1.807, 2.05) is 6.92 Å². The first-order valence-corrected chi connectivity index (χ1v) is 12.1. The van der Waals surface area contributed by atoms with Crippen LogP contribution in [0.25, 0.3) is 0 Å². The lowest BCUT2D eigenvalue weighted by molar-refractivity contribution is -0.123. The van der Waals surface area contributed by atoms with Crippen LogP contribution < -0.4 is 15.0 Å². The molecule has 1 fully saturated rings. The van der Waals surface area contributed by atoms with Crippen molar-refractivity contribution in [3.05, 3.63) is 83.8 Å². The number of benzene rings is 2. The van der Waals surface area contributed by atoms with E-state index in [1.54, 1.807) is 54.6 Å². The minimum atomic E-state index is -1.02. The number of amides is 2.